The first-order chi connectivity index (χ1) is 6.33. The van der Waals surface area contributed by atoms with Crippen molar-refractivity contribution in [3.63, 3.8) is 0 Å². The third kappa shape index (κ3) is 8.45. The fourth-order valence-electron chi connectivity index (χ4n) is 0.508. The summed E-state index contributed by atoms with van der Waals surface area (Å²) in [6.45, 7) is 0. The highest BCUT2D eigenvalue weighted by Gasteiger charge is 2.20. The highest BCUT2D eigenvalue weighted by Crippen LogP contribution is 2.10. The summed E-state index contributed by atoms with van der Waals surface area (Å²) in [5.74, 6) is -0.331. The van der Waals surface area contributed by atoms with Crippen molar-refractivity contribution < 1.29 is 21.7 Å². The lowest BCUT2D eigenvalue weighted by Crippen LogP contribution is -2.02. The summed E-state index contributed by atoms with van der Waals surface area (Å²) in [5, 5.41) is 8.13. The summed E-state index contributed by atoms with van der Waals surface area (Å²) in [4.78, 5) is 2.84. The van der Waals surface area contributed by atoms with E-state index < -0.39 is 7.25 Å². The van der Waals surface area contributed by atoms with Crippen molar-refractivity contribution in [1.82, 2.24) is 0 Å². The summed E-state index contributed by atoms with van der Waals surface area (Å²) >= 11 is 0. The van der Waals surface area contributed by atoms with Crippen LogP contribution in [0.25, 0.3) is 4.98 Å². The molecular formula is C6H4BF5N2. The van der Waals surface area contributed by atoms with Gasteiger partial charge in [-0.1, -0.05) is 0 Å². The molecule has 2 nitrogen and oxygen atoms in total. The predicted molar refractivity (Wildman–Crippen MR) is 41.3 cm³/mol. The molecule has 0 saturated carbocycles. The molecule has 0 aliphatic rings. The van der Waals surface area contributed by atoms with Crippen LogP contribution in [0.2, 0.25) is 0 Å². The smallest absolute Gasteiger partial charge is 0.418 e. The van der Waals surface area contributed by atoms with Gasteiger partial charge in [0.15, 0.2) is 4.98 Å². The Kier molecular flexibility index (Phi) is 4.56. The Labute approximate surface area is 76.1 Å². The molecule has 0 aliphatic carbocycles. The SMILES string of the molecule is F[B-](F)(F)F.N#[N+]c1ccc([18F])cc1. The Bertz CT molecular complexity index is 308. The quantitative estimate of drug-likeness (QED) is 0.364. The van der Waals surface area contributed by atoms with Crippen LogP contribution in [-0.2, 0) is 0 Å². The third-order valence-corrected chi connectivity index (χ3v) is 0.942. The molecule has 0 atom stereocenters. The molecule has 0 radical (unpaired) electrons. The van der Waals surface area contributed by atoms with Gasteiger partial charge in [-0.2, -0.15) is 0 Å². The van der Waals surface area contributed by atoms with E-state index in [1.807, 2.05) is 0 Å². The summed E-state index contributed by atoms with van der Waals surface area (Å²) in [7, 11) is -6.00. The van der Waals surface area contributed by atoms with E-state index >= 15 is 0 Å². The molecule has 0 fully saturated rings. The molecule has 0 spiro atoms. The molecule has 0 aromatic heterocycles. The number of benzene rings is 1. The molecular weight excluding hydrogens is 205 g/mol. The van der Waals surface area contributed by atoms with Crippen LogP contribution in [0.4, 0.5) is 27.3 Å². The minimum absolute atomic E-state index is 0.331. The lowest BCUT2D eigenvalue weighted by atomic mass is 10.3. The highest BCUT2D eigenvalue weighted by atomic mass is 19.5. The number of halogens is 5. The van der Waals surface area contributed by atoms with E-state index in [1.165, 1.54) is 24.3 Å². The molecule has 0 amide bonds. The Balaban J connectivity index is 0.000000292. The van der Waals surface area contributed by atoms with Gasteiger partial charge in [-0.25, -0.2) is 4.39 Å². The Hall–Kier alpha value is -1.65. The van der Waals surface area contributed by atoms with Gasteiger partial charge in [0.05, 0.1) is 0 Å². The van der Waals surface area contributed by atoms with Crippen LogP contribution in [-0.4, -0.2) is 7.25 Å². The van der Waals surface area contributed by atoms with Crippen molar-refractivity contribution in [2.45, 2.75) is 0 Å². The van der Waals surface area contributed by atoms with Gasteiger partial charge in [0.25, 0.3) is 0 Å². The van der Waals surface area contributed by atoms with Gasteiger partial charge >= 0.3 is 12.9 Å². The van der Waals surface area contributed by atoms with E-state index in [0.29, 0.717) is 5.69 Å². The van der Waals surface area contributed by atoms with Gasteiger partial charge < -0.3 is 17.3 Å². The second kappa shape index (κ2) is 5.16. The lowest BCUT2D eigenvalue weighted by molar-refractivity contribution is 0.368. The average molecular weight is 209 g/mol. The zero-order chi connectivity index (χ0) is 11.2. The van der Waals surface area contributed by atoms with Crippen molar-refractivity contribution >= 4 is 12.9 Å². The summed E-state index contributed by atoms with van der Waals surface area (Å²) in [6.07, 6.45) is 0. The predicted octanol–water partition coefficient (Wildman–Crippen LogP) is 3.61. The van der Waals surface area contributed by atoms with Crippen LogP contribution in [0.15, 0.2) is 24.3 Å². The van der Waals surface area contributed by atoms with Gasteiger partial charge in [-0.15, -0.1) is 0 Å². The van der Waals surface area contributed by atoms with Crippen LogP contribution in [0.3, 0.4) is 0 Å². The first-order valence-electron chi connectivity index (χ1n) is 3.31. The fraction of sp³-hybridized carbons (Fsp3) is 0. The largest absolute Gasteiger partial charge is 0.673 e. The number of nitrogens with zero attached hydrogens (tertiary/aromatic N) is 2. The molecule has 14 heavy (non-hydrogen) atoms. The second-order valence-corrected chi connectivity index (χ2v) is 2.07. The maximum atomic E-state index is 12.1. The van der Waals surface area contributed by atoms with E-state index in [-0.39, 0.29) is 5.82 Å². The zero-order valence-electron chi connectivity index (χ0n) is 6.67. The maximum Gasteiger partial charge on any atom is 0.673 e. The van der Waals surface area contributed by atoms with E-state index in [9.17, 15) is 21.7 Å². The number of diazo groups is 1. The molecule has 0 heterocycles. The molecule has 0 saturated heterocycles. The number of hydrogen-bond acceptors (Lipinski definition) is 1. The first-order valence-corrected chi connectivity index (χ1v) is 3.31. The summed E-state index contributed by atoms with van der Waals surface area (Å²) in [6, 6.07) is 5.23. The molecule has 1 aromatic rings. The van der Waals surface area contributed by atoms with Crippen molar-refractivity contribution in [2.75, 3.05) is 0 Å². The van der Waals surface area contributed by atoms with Crippen molar-refractivity contribution in [1.29, 1.82) is 5.39 Å². The Morgan fingerprint density at radius 1 is 1.00 bits per heavy atom. The zero-order valence-corrected chi connectivity index (χ0v) is 6.67. The molecule has 0 bridgehead atoms. The third-order valence-electron chi connectivity index (χ3n) is 0.942. The lowest BCUT2D eigenvalue weighted by Gasteiger charge is -1.94. The average Bonchev–Trinajstić information content (AvgIpc) is 2.03. The standard InChI is InChI=1S/C6H4FN2.BF4/c7-5-1-3-6(9-8)4-2-5;2-1(3,4)5/h1-4H;/q+1;-1/i7-1;. The van der Waals surface area contributed by atoms with Crippen LogP contribution in [0.5, 0.6) is 0 Å². The van der Waals surface area contributed by atoms with Crippen LogP contribution >= 0.6 is 0 Å². The van der Waals surface area contributed by atoms with Crippen molar-refractivity contribution in [2.24, 2.45) is 0 Å². The van der Waals surface area contributed by atoms with Gasteiger partial charge in [-0.05, 0) is 12.1 Å². The second-order valence-electron chi connectivity index (χ2n) is 2.07. The van der Waals surface area contributed by atoms with Gasteiger partial charge in [0.1, 0.15) is 5.82 Å². The molecule has 8 heteroatoms. The Morgan fingerprint density at radius 3 is 1.64 bits per heavy atom. The van der Waals surface area contributed by atoms with E-state index in [2.05, 4.69) is 4.98 Å². The summed E-state index contributed by atoms with van der Waals surface area (Å²) in [5.41, 5.74) is 0.358. The minimum Gasteiger partial charge on any atom is -0.418 e. The fourth-order valence-corrected chi connectivity index (χ4v) is 0.508. The van der Waals surface area contributed by atoms with Gasteiger partial charge in [0.2, 0.25) is 5.39 Å². The summed E-state index contributed by atoms with van der Waals surface area (Å²) < 4.78 is 51.1. The first kappa shape index (κ1) is 12.4. The van der Waals surface area contributed by atoms with Crippen molar-refractivity contribution in [3.05, 3.63) is 35.1 Å². The van der Waals surface area contributed by atoms with E-state index in [4.69, 9.17) is 5.39 Å². The maximum absolute atomic E-state index is 12.1. The normalized spacial score (nSPS) is 9.71. The van der Waals surface area contributed by atoms with E-state index in [1.54, 1.807) is 0 Å². The van der Waals surface area contributed by atoms with Crippen LogP contribution < -0.4 is 0 Å². The highest BCUT2D eigenvalue weighted by molar-refractivity contribution is 6.50. The monoisotopic (exact) mass is 209 g/mol. The van der Waals surface area contributed by atoms with Gasteiger partial charge in [0, 0.05) is 12.1 Å². The van der Waals surface area contributed by atoms with Gasteiger partial charge in [-0.3, -0.25) is 0 Å². The topological polar surface area (TPSA) is 28.1 Å². The van der Waals surface area contributed by atoms with E-state index in [0.717, 1.165) is 0 Å². The molecule has 0 unspecified atom stereocenters. The molecule has 0 aliphatic heterocycles. The minimum atomic E-state index is -6.00. The molecule has 1 aromatic carbocycles. The van der Waals surface area contributed by atoms with Crippen LogP contribution in [0, 0.1) is 11.2 Å². The van der Waals surface area contributed by atoms with Crippen molar-refractivity contribution in [3.8, 4) is 0 Å². The molecule has 0 N–H and O–H groups in total. The number of rotatable bonds is 0. The molecule has 1 rings (SSSR count). The van der Waals surface area contributed by atoms with Crippen LogP contribution in [0.1, 0.15) is 0 Å². The number of hydrogen-bond donors (Lipinski definition) is 0. The molecule has 76 valence electrons. The Morgan fingerprint density at radius 2 is 1.36 bits per heavy atom.